The fourth-order valence-corrected chi connectivity index (χ4v) is 5.52. The normalized spacial score (nSPS) is 11.7. The summed E-state index contributed by atoms with van der Waals surface area (Å²) in [6.07, 6.45) is 4.47. The highest BCUT2D eigenvalue weighted by Gasteiger charge is 2.39. The van der Waals surface area contributed by atoms with Crippen LogP contribution in [0.4, 0.5) is 4.39 Å². The minimum absolute atomic E-state index is 0.140. The summed E-state index contributed by atoms with van der Waals surface area (Å²) >= 11 is 0. The van der Waals surface area contributed by atoms with Gasteiger partial charge in [-0.15, -0.1) is 0 Å². The highest BCUT2D eigenvalue weighted by molar-refractivity contribution is 6.60. The average Bonchev–Trinajstić information content (AvgIpc) is 2.69. The smallest absolute Gasteiger partial charge is 0.478 e. The molecule has 0 amide bonds. The predicted molar refractivity (Wildman–Crippen MR) is 113 cm³/mol. The molecular weight excluding hydrogens is 411 g/mol. The van der Waals surface area contributed by atoms with Crippen molar-refractivity contribution < 1.29 is 37.1 Å². The fraction of sp³-hybridized carbons (Fsp3) is 0.524. The van der Waals surface area contributed by atoms with Gasteiger partial charge in [0.25, 0.3) is 0 Å². The van der Waals surface area contributed by atoms with Gasteiger partial charge in [0.15, 0.2) is 11.6 Å². The Morgan fingerprint density at radius 2 is 1.67 bits per heavy atom. The zero-order valence-electron chi connectivity index (χ0n) is 17.8. The van der Waals surface area contributed by atoms with Crippen molar-refractivity contribution in [3.63, 3.8) is 0 Å². The zero-order valence-corrected chi connectivity index (χ0v) is 18.8. The molecule has 1 N–H and O–H groups in total. The highest BCUT2D eigenvalue weighted by atomic mass is 28.4. The van der Waals surface area contributed by atoms with E-state index in [2.05, 4.69) is 0 Å². The molecule has 0 aliphatic carbocycles. The van der Waals surface area contributed by atoms with E-state index in [1.54, 1.807) is 0 Å². The molecule has 0 aliphatic rings. The van der Waals surface area contributed by atoms with Crippen LogP contribution in [0, 0.1) is 5.82 Å². The Bertz CT molecular complexity index is 692. The molecule has 0 heterocycles. The summed E-state index contributed by atoms with van der Waals surface area (Å²) in [6, 6.07) is 4.49. The monoisotopic (exact) mass is 442 g/mol. The fourth-order valence-electron chi connectivity index (χ4n) is 2.83. The lowest BCUT2D eigenvalue weighted by atomic mass is 10.2. The molecule has 7 nitrogen and oxygen atoms in total. The Morgan fingerprint density at radius 1 is 1.03 bits per heavy atom. The van der Waals surface area contributed by atoms with Crippen molar-refractivity contribution in [3.8, 4) is 5.75 Å². The molecule has 0 spiro atoms. The number of aliphatic carboxylic acids is 1. The maximum atomic E-state index is 13.9. The molecule has 0 aliphatic heterocycles. The summed E-state index contributed by atoms with van der Waals surface area (Å²) in [4.78, 5) is 22.6. The maximum Gasteiger partial charge on any atom is 0.500 e. The first-order chi connectivity index (χ1) is 14.4. The molecule has 1 aromatic carbocycles. The van der Waals surface area contributed by atoms with E-state index in [9.17, 15) is 14.0 Å². The molecule has 0 atom stereocenters. The third-order valence-corrected chi connectivity index (χ3v) is 7.21. The summed E-state index contributed by atoms with van der Waals surface area (Å²) in [5.74, 6) is -2.57. The van der Waals surface area contributed by atoms with Crippen LogP contribution in [0.3, 0.4) is 0 Å². The van der Waals surface area contributed by atoms with Gasteiger partial charge < -0.3 is 23.1 Å². The summed E-state index contributed by atoms with van der Waals surface area (Å²) < 4.78 is 36.3. The van der Waals surface area contributed by atoms with E-state index in [-0.39, 0.29) is 12.2 Å². The number of unbranched alkanes of at least 4 members (excludes halogenated alkanes) is 2. The number of hydrogen-bond acceptors (Lipinski definition) is 6. The molecule has 0 radical (unpaired) electrons. The van der Waals surface area contributed by atoms with Gasteiger partial charge in [0.1, 0.15) is 0 Å². The largest absolute Gasteiger partial charge is 0.500 e. The Kier molecular flexibility index (Phi) is 12.1. The van der Waals surface area contributed by atoms with Crippen molar-refractivity contribution in [2.75, 3.05) is 19.8 Å². The van der Waals surface area contributed by atoms with Crippen molar-refractivity contribution in [3.05, 3.63) is 35.7 Å². The molecule has 0 unspecified atom stereocenters. The Labute approximate surface area is 178 Å². The van der Waals surface area contributed by atoms with E-state index >= 15 is 0 Å². The van der Waals surface area contributed by atoms with E-state index in [0.717, 1.165) is 25.0 Å². The minimum Gasteiger partial charge on any atom is -0.478 e. The second-order valence-electron chi connectivity index (χ2n) is 6.38. The number of carboxylic acids is 1. The number of carboxylic acid groups (broad SMARTS) is 1. The molecule has 168 valence electrons. The number of ether oxygens (including phenoxy) is 1. The predicted octanol–water partition coefficient (Wildman–Crippen LogP) is 4.44. The number of rotatable bonds is 15. The van der Waals surface area contributed by atoms with Crippen molar-refractivity contribution in [2.45, 2.75) is 52.5 Å². The van der Waals surface area contributed by atoms with E-state index in [0.29, 0.717) is 37.8 Å². The van der Waals surface area contributed by atoms with E-state index < -0.39 is 26.6 Å². The van der Waals surface area contributed by atoms with Gasteiger partial charge in [0.2, 0.25) is 0 Å². The van der Waals surface area contributed by atoms with Gasteiger partial charge in [-0.3, -0.25) is 4.79 Å². The van der Waals surface area contributed by atoms with Crippen molar-refractivity contribution in [2.24, 2.45) is 0 Å². The van der Waals surface area contributed by atoms with Gasteiger partial charge in [-0.1, -0.05) is 12.5 Å². The molecule has 1 aromatic rings. The molecule has 0 aromatic heterocycles. The summed E-state index contributed by atoms with van der Waals surface area (Å²) in [5, 5.41) is 8.66. The number of halogens is 1. The third-order valence-electron chi connectivity index (χ3n) is 4.05. The second kappa shape index (κ2) is 14.0. The summed E-state index contributed by atoms with van der Waals surface area (Å²) in [7, 11) is -2.68. The number of benzene rings is 1. The first kappa shape index (κ1) is 26.0. The molecule has 0 saturated carbocycles. The topological polar surface area (TPSA) is 91.3 Å². The Morgan fingerprint density at radius 3 is 2.23 bits per heavy atom. The Hall–Kier alpha value is -2.07. The lowest BCUT2D eigenvalue weighted by Crippen LogP contribution is -2.45. The van der Waals surface area contributed by atoms with E-state index in [1.807, 2.05) is 20.8 Å². The molecule has 9 heteroatoms. The first-order valence-corrected chi connectivity index (χ1v) is 12.1. The number of carbonyl (C=O) groups is 2. The third kappa shape index (κ3) is 9.62. The summed E-state index contributed by atoms with van der Waals surface area (Å²) in [5.41, 5.74) is 0.422. The molecule has 30 heavy (non-hydrogen) atoms. The quantitative estimate of drug-likeness (QED) is 0.141. The maximum absolute atomic E-state index is 13.9. The van der Waals surface area contributed by atoms with Gasteiger partial charge >= 0.3 is 20.7 Å². The van der Waals surface area contributed by atoms with Gasteiger partial charge in [-0.25, -0.2) is 9.18 Å². The molecule has 0 saturated heterocycles. The second-order valence-corrected chi connectivity index (χ2v) is 9.11. The molecular formula is C21H31FO7Si. The van der Waals surface area contributed by atoms with Crippen LogP contribution in [0.25, 0.3) is 6.08 Å². The van der Waals surface area contributed by atoms with Crippen LogP contribution >= 0.6 is 0 Å². The zero-order chi connectivity index (χ0) is 22.4. The van der Waals surface area contributed by atoms with Crippen molar-refractivity contribution in [1.82, 2.24) is 0 Å². The SMILES string of the molecule is CCO[Si](CCCCCC(=O)Oc1cc(/C=C/C(=O)O)ccc1F)(OCC)OCC. The average molecular weight is 443 g/mol. The van der Waals surface area contributed by atoms with Gasteiger partial charge in [-0.2, -0.15) is 0 Å². The van der Waals surface area contributed by atoms with Crippen LogP contribution in [0.1, 0.15) is 52.0 Å². The van der Waals surface area contributed by atoms with Gasteiger partial charge in [0, 0.05) is 38.4 Å². The van der Waals surface area contributed by atoms with E-state index in [1.165, 1.54) is 18.2 Å². The lowest BCUT2D eigenvalue weighted by Gasteiger charge is -2.28. The van der Waals surface area contributed by atoms with Crippen LogP contribution in [0.15, 0.2) is 24.3 Å². The standard InChI is InChI=1S/C21H31FO7Si/c1-4-26-30(27-5-2,28-6-3)15-9-7-8-10-21(25)29-19-16-17(11-13-18(19)22)12-14-20(23)24/h11-14,16H,4-10,15H2,1-3H3,(H,23,24)/b14-12+. The summed E-state index contributed by atoms with van der Waals surface area (Å²) in [6.45, 7) is 7.27. The van der Waals surface area contributed by atoms with Crippen molar-refractivity contribution in [1.29, 1.82) is 0 Å². The molecule has 1 rings (SSSR count). The first-order valence-electron chi connectivity index (χ1n) is 10.2. The van der Waals surface area contributed by atoms with Crippen LogP contribution in [-0.4, -0.2) is 45.7 Å². The Balaban J connectivity index is 2.50. The minimum atomic E-state index is -2.68. The number of esters is 1. The van der Waals surface area contributed by atoms with Gasteiger partial charge in [-0.05, 0) is 57.4 Å². The lowest BCUT2D eigenvalue weighted by molar-refractivity contribution is -0.135. The molecule has 0 fully saturated rings. The van der Waals surface area contributed by atoms with Gasteiger partial charge in [0.05, 0.1) is 0 Å². The van der Waals surface area contributed by atoms with Crippen LogP contribution in [0.2, 0.25) is 6.04 Å². The highest BCUT2D eigenvalue weighted by Crippen LogP contribution is 2.22. The van der Waals surface area contributed by atoms with Crippen LogP contribution < -0.4 is 4.74 Å². The van der Waals surface area contributed by atoms with Crippen molar-refractivity contribution >= 4 is 26.8 Å². The van der Waals surface area contributed by atoms with Crippen LogP contribution in [-0.2, 0) is 22.9 Å². The molecule has 0 bridgehead atoms. The van der Waals surface area contributed by atoms with E-state index in [4.69, 9.17) is 23.1 Å². The number of carbonyl (C=O) groups excluding carboxylic acids is 1. The van der Waals surface area contributed by atoms with Crippen LogP contribution in [0.5, 0.6) is 5.75 Å². The number of hydrogen-bond donors (Lipinski definition) is 1.